The Morgan fingerprint density at radius 1 is 1.57 bits per heavy atom. The van der Waals surface area contributed by atoms with Crippen LogP contribution in [-0.2, 0) is 11.2 Å². The van der Waals surface area contributed by atoms with E-state index >= 15 is 0 Å². The summed E-state index contributed by atoms with van der Waals surface area (Å²) >= 11 is 3.42. The molecule has 1 N–H and O–H groups in total. The average molecular weight is 256 g/mol. The summed E-state index contributed by atoms with van der Waals surface area (Å²) < 4.78 is 1.07. The molecule has 0 aliphatic heterocycles. The van der Waals surface area contributed by atoms with Gasteiger partial charge in [-0.15, -0.1) is 0 Å². The first-order chi connectivity index (χ1) is 6.58. The first-order valence-electron chi connectivity index (χ1n) is 4.59. The van der Waals surface area contributed by atoms with E-state index in [-0.39, 0.29) is 11.9 Å². The first kappa shape index (κ1) is 11.2. The Morgan fingerprint density at radius 2 is 2.29 bits per heavy atom. The zero-order chi connectivity index (χ0) is 10.6. The molecule has 2 nitrogen and oxygen atoms in total. The Balaban J connectivity index is 2.55. The number of benzene rings is 1. The van der Waals surface area contributed by atoms with E-state index in [1.54, 1.807) is 0 Å². The van der Waals surface area contributed by atoms with Crippen LogP contribution in [0.3, 0.4) is 0 Å². The molecule has 0 heterocycles. The molecule has 0 unspecified atom stereocenters. The molecule has 14 heavy (non-hydrogen) atoms. The lowest BCUT2D eigenvalue weighted by Crippen LogP contribution is -2.31. The normalized spacial score (nSPS) is 12.2. The summed E-state index contributed by atoms with van der Waals surface area (Å²) in [4.78, 5) is 10.8. The third-order valence-corrected chi connectivity index (χ3v) is 2.37. The zero-order valence-electron chi connectivity index (χ0n) is 8.38. The third-order valence-electron chi connectivity index (χ3n) is 1.88. The Morgan fingerprint density at radius 3 is 2.86 bits per heavy atom. The molecule has 0 radical (unpaired) electrons. The number of carbonyl (C=O) groups is 1. The summed E-state index contributed by atoms with van der Waals surface area (Å²) in [6.07, 6.45) is 0.860. The Hall–Kier alpha value is -0.830. The molecule has 1 amide bonds. The van der Waals surface area contributed by atoms with Crippen LogP contribution in [0.2, 0.25) is 0 Å². The van der Waals surface area contributed by atoms with Gasteiger partial charge in [-0.1, -0.05) is 28.1 Å². The second-order valence-electron chi connectivity index (χ2n) is 3.44. The van der Waals surface area contributed by atoms with E-state index in [9.17, 15) is 4.79 Å². The van der Waals surface area contributed by atoms with Crippen LogP contribution in [0, 0.1) is 0 Å². The van der Waals surface area contributed by atoms with Crippen LogP contribution in [-0.4, -0.2) is 11.9 Å². The summed E-state index contributed by atoms with van der Waals surface area (Å²) in [5, 5.41) is 2.86. The third kappa shape index (κ3) is 3.92. The van der Waals surface area contributed by atoms with E-state index in [0.717, 1.165) is 10.9 Å². The molecule has 0 aromatic heterocycles. The molecule has 0 fully saturated rings. The molecule has 0 saturated heterocycles. The Labute approximate surface area is 92.8 Å². The summed E-state index contributed by atoms with van der Waals surface area (Å²) in [7, 11) is 0. The number of hydrogen-bond donors (Lipinski definition) is 1. The maximum absolute atomic E-state index is 10.8. The Bertz CT molecular complexity index is 325. The predicted octanol–water partition coefficient (Wildman–Crippen LogP) is 2.52. The molecular weight excluding hydrogens is 242 g/mol. The van der Waals surface area contributed by atoms with Crippen LogP contribution < -0.4 is 5.32 Å². The minimum absolute atomic E-state index is 0.0208. The van der Waals surface area contributed by atoms with Crippen molar-refractivity contribution in [1.82, 2.24) is 5.32 Å². The molecular formula is C11H14BrNO. The quantitative estimate of drug-likeness (QED) is 0.884. The van der Waals surface area contributed by atoms with Gasteiger partial charge in [0.2, 0.25) is 5.91 Å². The number of carbonyl (C=O) groups excluding carboxylic acids is 1. The lowest BCUT2D eigenvalue weighted by Gasteiger charge is -2.12. The highest BCUT2D eigenvalue weighted by Gasteiger charge is 2.04. The molecule has 0 spiro atoms. The van der Waals surface area contributed by atoms with Crippen LogP contribution >= 0.6 is 15.9 Å². The standard InChI is InChI=1S/C11H14BrNO/c1-8(13-9(2)14)6-10-4-3-5-11(12)7-10/h3-5,7-8H,6H2,1-2H3,(H,13,14)/t8-/m1/s1. The van der Waals surface area contributed by atoms with Gasteiger partial charge in [0.05, 0.1) is 0 Å². The van der Waals surface area contributed by atoms with Gasteiger partial charge in [-0.05, 0) is 31.0 Å². The second kappa shape index (κ2) is 5.15. The fourth-order valence-corrected chi connectivity index (χ4v) is 1.86. The molecule has 0 aliphatic rings. The summed E-state index contributed by atoms with van der Waals surface area (Å²) in [6, 6.07) is 8.30. The number of nitrogens with one attached hydrogen (secondary N) is 1. The fraction of sp³-hybridized carbons (Fsp3) is 0.364. The van der Waals surface area contributed by atoms with Gasteiger partial charge in [-0.25, -0.2) is 0 Å². The van der Waals surface area contributed by atoms with Crippen LogP contribution in [0.15, 0.2) is 28.7 Å². The van der Waals surface area contributed by atoms with Gasteiger partial charge in [-0.2, -0.15) is 0 Å². The molecule has 1 aromatic carbocycles. The minimum atomic E-state index is 0.0208. The van der Waals surface area contributed by atoms with Crippen molar-refractivity contribution in [2.45, 2.75) is 26.3 Å². The molecule has 0 aliphatic carbocycles. The van der Waals surface area contributed by atoms with Crippen molar-refractivity contribution in [3.8, 4) is 0 Å². The Kier molecular flexibility index (Phi) is 4.14. The van der Waals surface area contributed by atoms with Crippen molar-refractivity contribution in [1.29, 1.82) is 0 Å². The van der Waals surface area contributed by atoms with Crippen molar-refractivity contribution >= 4 is 21.8 Å². The molecule has 1 aromatic rings. The molecule has 1 atom stereocenters. The lowest BCUT2D eigenvalue weighted by atomic mass is 10.1. The minimum Gasteiger partial charge on any atom is -0.354 e. The maximum Gasteiger partial charge on any atom is 0.217 e. The molecule has 76 valence electrons. The number of rotatable bonds is 3. The topological polar surface area (TPSA) is 29.1 Å². The molecule has 0 bridgehead atoms. The first-order valence-corrected chi connectivity index (χ1v) is 5.39. The number of hydrogen-bond acceptors (Lipinski definition) is 1. The van der Waals surface area contributed by atoms with Crippen LogP contribution in [0.4, 0.5) is 0 Å². The van der Waals surface area contributed by atoms with Crippen LogP contribution in [0.25, 0.3) is 0 Å². The van der Waals surface area contributed by atoms with E-state index in [0.29, 0.717) is 0 Å². The molecule has 0 saturated carbocycles. The smallest absolute Gasteiger partial charge is 0.217 e. The van der Waals surface area contributed by atoms with Gasteiger partial charge in [-0.3, -0.25) is 4.79 Å². The molecule has 3 heteroatoms. The SMILES string of the molecule is CC(=O)N[C@H](C)Cc1cccc(Br)c1. The van der Waals surface area contributed by atoms with Crippen molar-refractivity contribution in [3.05, 3.63) is 34.3 Å². The highest BCUT2D eigenvalue weighted by atomic mass is 79.9. The van der Waals surface area contributed by atoms with Crippen molar-refractivity contribution in [3.63, 3.8) is 0 Å². The van der Waals surface area contributed by atoms with E-state index in [4.69, 9.17) is 0 Å². The van der Waals surface area contributed by atoms with Crippen molar-refractivity contribution in [2.75, 3.05) is 0 Å². The number of amides is 1. The summed E-state index contributed by atoms with van der Waals surface area (Å²) in [6.45, 7) is 3.54. The fourth-order valence-electron chi connectivity index (χ4n) is 1.42. The van der Waals surface area contributed by atoms with E-state index in [2.05, 4.69) is 33.4 Å². The van der Waals surface area contributed by atoms with Crippen LogP contribution in [0.5, 0.6) is 0 Å². The van der Waals surface area contributed by atoms with E-state index in [1.165, 1.54) is 12.5 Å². The van der Waals surface area contributed by atoms with E-state index in [1.807, 2.05) is 19.1 Å². The monoisotopic (exact) mass is 255 g/mol. The predicted molar refractivity (Wildman–Crippen MR) is 61.1 cm³/mol. The second-order valence-corrected chi connectivity index (χ2v) is 4.35. The van der Waals surface area contributed by atoms with Crippen molar-refractivity contribution < 1.29 is 4.79 Å². The van der Waals surface area contributed by atoms with Gasteiger partial charge in [0.15, 0.2) is 0 Å². The highest BCUT2D eigenvalue weighted by molar-refractivity contribution is 9.10. The average Bonchev–Trinajstić information content (AvgIpc) is 2.01. The van der Waals surface area contributed by atoms with Gasteiger partial charge in [0.1, 0.15) is 0 Å². The summed E-state index contributed by atoms with van der Waals surface area (Å²) in [5.41, 5.74) is 1.22. The highest BCUT2D eigenvalue weighted by Crippen LogP contribution is 2.12. The van der Waals surface area contributed by atoms with Crippen LogP contribution in [0.1, 0.15) is 19.4 Å². The van der Waals surface area contributed by atoms with Gasteiger partial charge in [0, 0.05) is 17.4 Å². The van der Waals surface area contributed by atoms with Gasteiger partial charge < -0.3 is 5.32 Å². The van der Waals surface area contributed by atoms with Crippen molar-refractivity contribution in [2.24, 2.45) is 0 Å². The number of halogens is 1. The van der Waals surface area contributed by atoms with Gasteiger partial charge in [0.25, 0.3) is 0 Å². The largest absolute Gasteiger partial charge is 0.354 e. The molecule has 1 rings (SSSR count). The van der Waals surface area contributed by atoms with Gasteiger partial charge >= 0.3 is 0 Å². The maximum atomic E-state index is 10.8. The lowest BCUT2D eigenvalue weighted by molar-refractivity contribution is -0.119. The van der Waals surface area contributed by atoms with E-state index < -0.39 is 0 Å². The summed E-state index contributed by atoms with van der Waals surface area (Å²) in [5.74, 6) is 0.0208. The zero-order valence-corrected chi connectivity index (χ0v) is 9.97.